The van der Waals surface area contributed by atoms with E-state index >= 15 is 0 Å². The summed E-state index contributed by atoms with van der Waals surface area (Å²) in [7, 11) is 4.05. The molecule has 4 aliphatic carbocycles. The van der Waals surface area contributed by atoms with E-state index in [4.69, 9.17) is 0 Å². The maximum Gasteiger partial charge on any atom is 0.248 e. The molecule has 2 amide bonds. The number of allylic oxidation sites excluding steroid dienone is 2. The largest absolute Gasteiger partial charge is 0.331 e. The number of likely N-dealkylation sites (tertiary alicyclic amines) is 2. The average Bonchev–Trinajstić information content (AvgIpc) is 3.06. The van der Waals surface area contributed by atoms with Crippen LogP contribution in [-0.4, -0.2) is 94.7 Å². The van der Waals surface area contributed by atoms with Crippen molar-refractivity contribution in [2.24, 2.45) is 23.7 Å². The van der Waals surface area contributed by atoms with Gasteiger partial charge in [0.05, 0.1) is 24.2 Å². The molecule has 51 heavy (non-hydrogen) atoms. The van der Waals surface area contributed by atoms with Gasteiger partial charge >= 0.3 is 0 Å². The van der Waals surface area contributed by atoms with Crippen molar-refractivity contribution >= 4 is 11.8 Å². The monoisotopic (exact) mass is 694 g/mol. The summed E-state index contributed by atoms with van der Waals surface area (Å²) >= 11 is 0. The predicted octanol–water partition coefficient (Wildman–Crippen LogP) is 3.93. The lowest BCUT2D eigenvalue weighted by Gasteiger charge is -2.59. The van der Waals surface area contributed by atoms with Crippen LogP contribution in [0, 0.1) is 23.7 Å². The molecular formula is C41H54N6O4. The van der Waals surface area contributed by atoms with Crippen LogP contribution in [0.3, 0.4) is 0 Å². The predicted molar refractivity (Wildman–Crippen MR) is 197 cm³/mol. The van der Waals surface area contributed by atoms with E-state index in [0.717, 1.165) is 106 Å². The molecule has 4 bridgehead atoms. The van der Waals surface area contributed by atoms with E-state index < -0.39 is 11.1 Å². The molecular weight excluding hydrogens is 640 g/mol. The van der Waals surface area contributed by atoms with Gasteiger partial charge in [0.1, 0.15) is 0 Å². The third kappa shape index (κ3) is 5.68. The highest BCUT2D eigenvalue weighted by Crippen LogP contribution is 2.58. The number of rotatable bonds is 8. The third-order valence-corrected chi connectivity index (χ3v) is 13.4. The fourth-order valence-electron chi connectivity index (χ4n) is 11.8. The lowest BCUT2D eigenvalue weighted by atomic mass is 9.56. The van der Waals surface area contributed by atoms with Crippen LogP contribution in [0.4, 0.5) is 0 Å². The number of hydrogen-bond acceptors (Lipinski definition) is 6. The fraction of sp³-hybridized carbons (Fsp3) is 0.610. The molecule has 2 aliphatic heterocycles. The SMILES string of the molecule is CC1=C[C@H]2Cc3[nH]c(=O)ccc3[C@@]3(C1)[C@@H]2CCCN3C(=O)CN(C)CCCN(C)CC(=O)N1CCC[C@@H]2[C@H]3C=C(C)C[C@]21c1ccc(=O)[nH]c1C3. The van der Waals surface area contributed by atoms with Crippen LogP contribution in [0.25, 0.3) is 0 Å². The van der Waals surface area contributed by atoms with Gasteiger partial charge in [-0.05, 0) is 146 Å². The Hall–Kier alpha value is -3.76. The van der Waals surface area contributed by atoms with Gasteiger partial charge in [0.2, 0.25) is 22.9 Å². The number of carbonyl (C=O) groups is 2. The van der Waals surface area contributed by atoms with E-state index in [1.54, 1.807) is 12.1 Å². The highest BCUT2D eigenvalue weighted by molar-refractivity contribution is 5.80. The molecule has 0 saturated carbocycles. The summed E-state index contributed by atoms with van der Waals surface area (Å²) < 4.78 is 0. The van der Waals surface area contributed by atoms with Gasteiger partial charge in [-0.2, -0.15) is 0 Å². The van der Waals surface area contributed by atoms with Gasteiger partial charge in [0.25, 0.3) is 0 Å². The number of fused-ring (bicyclic) bond motifs is 2. The molecule has 0 aromatic carbocycles. The Morgan fingerprint density at radius 3 is 1.59 bits per heavy atom. The van der Waals surface area contributed by atoms with E-state index in [1.165, 1.54) is 11.1 Å². The number of nitrogens with one attached hydrogen (secondary N) is 2. The molecule has 2 saturated heterocycles. The van der Waals surface area contributed by atoms with Crippen molar-refractivity contribution < 1.29 is 9.59 Å². The number of aromatic amines is 2. The smallest absolute Gasteiger partial charge is 0.248 e. The van der Waals surface area contributed by atoms with Crippen molar-refractivity contribution in [1.29, 1.82) is 0 Å². The quantitative estimate of drug-likeness (QED) is 0.406. The maximum atomic E-state index is 14.2. The first kappa shape index (κ1) is 34.3. The van der Waals surface area contributed by atoms with Gasteiger partial charge < -0.3 is 19.8 Å². The van der Waals surface area contributed by atoms with E-state index in [0.29, 0.717) is 36.8 Å². The first-order chi connectivity index (χ1) is 24.5. The highest BCUT2D eigenvalue weighted by atomic mass is 16.2. The van der Waals surface area contributed by atoms with Crippen molar-refractivity contribution in [3.05, 3.63) is 90.8 Å². The summed E-state index contributed by atoms with van der Waals surface area (Å²) in [6, 6.07) is 7.24. The lowest BCUT2D eigenvalue weighted by molar-refractivity contribution is -0.149. The molecule has 0 spiro atoms. The second kappa shape index (κ2) is 13.0. The van der Waals surface area contributed by atoms with Gasteiger partial charge in [-0.15, -0.1) is 0 Å². The summed E-state index contributed by atoms with van der Waals surface area (Å²) in [5.74, 6) is 1.72. The van der Waals surface area contributed by atoms with E-state index in [1.807, 2.05) is 26.2 Å². The zero-order valence-corrected chi connectivity index (χ0v) is 30.8. The third-order valence-electron chi connectivity index (χ3n) is 13.4. The zero-order valence-electron chi connectivity index (χ0n) is 30.8. The standard InChI is InChI=1S/C41H54N6O4/c1-26-18-28-20-34-32(10-12-36(48)42-34)40(22-26)30(28)8-5-16-46(40)38(50)24-44(3)14-7-15-45(4)25-39(51)47-17-6-9-31-29-19-27(2)23-41(31,47)33-11-13-37(49)43-35(33)21-29/h10-13,18-19,28-31H,5-9,14-17,20-25H2,1-4H3,(H,42,48)(H,43,49)/t28-,29-,30+,31+,40+,41+/m0/s1. The Kier molecular flexibility index (Phi) is 8.77. The zero-order chi connectivity index (χ0) is 35.7. The minimum Gasteiger partial charge on any atom is -0.331 e. The molecule has 6 atom stereocenters. The molecule has 0 radical (unpaired) electrons. The average molecular weight is 695 g/mol. The summed E-state index contributed by atoms with van der Waals surface area (Å²) in [6.45, 7) is 8.05. The van der Waals surface area contributed by atoms with Crippen molar-refractivity contribution in [3.8, 4) is 0 Å². The summed E-state index contributed by atoms with van der Waals surface area (Å²) in [6.07, 6.45) is 13.1. The van der Waals surface area contributed by atoms with Crippen molar-refractivity contribution in [3.63, 3.8) is 0 Å². The molecule has 6 aliphatic rings. The van der Waals surface area contributed by atoms with Gasteiger partial charge in [-0.1, -0.05) is 23.3 Å². The van der Waals surface area contributed by atoms with E-state index in [2.05, 4.69) is 55.6 Å². The van der Waals surface area contributed by atoms with E-state index in [-0.39, 0.29) is 22.9 Å². The number of likely N-dealkylation sites (N-methyl/N-ethyl adjacent to an activating group) is 2. The molecule has 10 heteroatoms. The second-order valence-electron chi connectivity index (χ2n) is 16.8. The number of piperidine rings is 2. The highest BCUT2D eigenvalue weighted by Gasteiger charge is 2.58. The number of nitrogens with zero attached hydrogens (tertiary/aromatic N) is 4. The summed E-state index contributed by atoms with van der Waals surface area (Å²) in [5, 5.41) is 0. The van der Waals surface area contributed by atoms with Crippen LogP contribution < -0.4 is 11.1 Å². The second-order valence-corrected chi connectivity index (χ2v) is 16.8. The minimum atomic E-state index is -0.397. The normalized spacial score (nSPS) is 30.5. The molecule has 2 N–H and O–H groups in total. The fourth-order valence-corrected chi connectivity index (χ4v) is 11.8. The number of carbonyl (C=O) groups excluding carboxylic acids is 2. The van der Waals surface area contributed by atoms with Crippen LogP contribution in [0.5, 0.6) is 0 Å². The lowest BCUT2D eigenvalue weighted by Crippen LogP contribution is -2.63. The van der Waals surface area contributed by atoms with Crippen LogP contribution >= 0.6 is 0 Å². The molecule has 10 nitrogen and oxygen atoms in total. The van der Waals surface area contributed by atoms with Crippen molar-refractivity contribution in [2.75, 3.05) is 53.4 Å². The van der Waals surface area contributed by atoms with Crippen molar-refractivity contribution in [1.82, 2.24) is 29.6 Å². The molecule has 2 aromatic heterocycles. The Morgan fingerprint density at radius 1 is 0.725 bits per heavy atom. The Morgan fingerprint density at radius 2 is 1.16 bits per heavy atom. The van der Waals surface area contributed by atoms with E-state index in [9.17, 15) is 19.2 Å². The molecule has 272 valence electrons. The van der Waals surface area contributed by atoms with Gasteiger partial charge in [-0.3, -0.25) is 29.0 Å². The number of aromatic nitrogens is 2. The minimum absolute atomic E-state index is 0.0750. The molecule has 2 aromatic rings. The number of hydrogen-bond donors (Lipinski definition) is 2. The maximum absolute atomic E-state index is 14.2. The number of amides is 2. The van der Waals surface area contributed by atoms with Crippen LogP contribution in [-0.2, 0) is 33.5 Å². The topological polar surface area (TPSA) is 113 Å². The summed E-state index contributed by atoms with van der Waals surface area (Å²) in [4.78, 5) is 67.8. The first-order valence-corrected chi connectivity index (χ1v) is 19.3. The van der Waals surface area contributed by atoms with Crippen LogP contribution in [0.1, 0.15) is 81.3 Å². The van der Waals surface area contributed by atoms with Crippen LogP contribution in [0.2, 0.25) is 0 Å². The summed E-state index contributed by atoms with van der Waals surface area (Å²) in [5.41, 5.74) is 5.98. The molecule has 4 heterocycles. The Bertz CT molecular complexity index is 1780. The van der Waals surface area contributed by atoms with Gasteiger partial charge in [-0.25, -0.2) is 0 Å². The number of H-pyrrole nitrogens is 2. The number of pyridine rings is 2. The Balaban J connectivity index is 0.912. The molecule has 0 unspecified atom stereocenters. The molecule has 2 fully saturated rings. The van der Waals surface area contributed by atoms with Crippen molar-refractivity contribution in [2.45, 2.75) is 82.7 Å². The van der Waals surface area contributed by atoms with Gasteiger partial charge in [0, 0.05) is 36.6 Å². The first-order valence-electron chi connectivity index (χ1n) is 19.3. The van der Waals surface area contributed by atoms with Crippen LogP contribution in [0.15, 0.2) is 57.2 Å². The van der Waals surface area contributed by atoms with Gasteiger partial charge in [0.15, 0.2) is 0 Å². The molecule has 8 rings (SSSR count). The Labute approximate surface area is 301 Å².